The third-order valence-corrected chi connectivity index (χ3v) is 5.98. The lowest BCUT2D eigenvalue weighted by molar-refractivity contribution is 0.0103. The molecule has 1 aromatic rings. The first-order valence-corrected chi connectivity index (χ1v) is 13.1. The fraction of sp³-hybridized carbons (Fsp3) is 0.741. The molecule has 0 saturated heterocycles. The molecule has 0 aliphatic carbocycles. The maximum absolute atomic E-state index is 12.7. The van der Waals surface area contributed by atoms with Crippen molar-refractivity contribution in [2.24, 2.45) is 0 Å². The third-order valence-electron chi connectivity index (χ3n) is 5.98. The molecule has 0 aliphatic heterocycles. The molecule has 0 radical (unpaired) electrons. The van der Waals surface area contributed by atoms with Crippen LogP contribution >= 0.6 is 0 Å². The normalized spacial score (nSPS) is 12.5. The Labute approximate surface area is 204 Å². The number of hydrogen-bond donors (Lipinski definition) is 4. The van der Waals surface area contributed by atoms with Crippen molar-refractivity contribution in [3.05, 3.63) is 29.8 Å². The van der Waals surface area contributed by atoms with Gasteiger partial charge >= 0.3 is 0 Å². The van der Waals surface area contributed by atoms with Crippen LogP contribution in [0.15, 0.2) is 24.3 Å². The number of anilines is 1. The molecule has 34 heavy (non-hydrogen) atoms. The quantitative estimate of drug-likeness (QED) is 0.154. The summed E-state index contributed by atoms with van der Waals surface area (Å²) >= 11 is 0. The number of unbranched alkanes of at least 4 members (excludes halogenated alkanes) is 12. The Hall–Kier alpha value is -1.73. The van der Waals surface area contributed by atoms with E-state index in [1.54, 1.807) is 12.1 Å². The minimum absolute atomic E-state index is 0.0244. The number of aliphatic hydroxyl groups excluding tert-OH is 2. The van der Waals surface area contributed by atoms with E-state index in [9.17, 15) is 18.7 Å². The molecule has 0 spiro atoms. The van der Waals surface area contributed by atoms with E-state index in [2.05, 4.69) is 10.6 Å². The van der Waals surface area contributed by atoms with E-state index in [0.717, 1.165) is 38.4 Å². The molecule has 1 rings (SSSR count). The van der Waals surface area contributed by atoms with Crippen LogP contribution in [0.4, 0.5) is 14.5 Å². The van der Waals surface area contributed by atoms with Gasteiger partial charge in [-0.15, -0.1) is 0 Å². The van der Waals surface area contributed by atoms with Crippen LogP contribution < -0.4 is 10.6 Å². The van der Waals surface area contributed by atoms with E-state index in [1.165, 1.54) is 57.8 Å². The highest BCUT2D eigenvalue weighted by Gasteiger charge is 2.19. The van der Waals surface area contributed by atoms with E-state index < -0.39 is 12.0 Å². The van der Waals surface area contributed by atoms with E-state index in [0.29, 0.717) is 12.0 Å². The Morgan fingerprint density at radius 2 is 1.32 bits per heavy atom. The molecule has 1 amide bonds. The van der Waals surface area contributed by atoms with Gasteiger partial charge in [0.15, 0.2) is 0 Å². The van der Waals surface area contributed by atoms with E-state index >= 15 is 0 Å². The summed E-state index contributed by atoms with van der Waals surface area (Å²) in [5.74, 6) is -2.77. The van der Waals surface area contributed by atoms with Gasteiger partial charge in [-0.25, -0.2) is 8.78 Å². The molecular weight excluding hydrogens is 438 g/mol. The Balaban J connectivity index is 1.91. The number of amides is 1. The Bertz CT molecular complexity index is 636. The van der Waals surface area contributed by atoms with Crippen molar-refractivity contribution in [3.63, 3.8) is 0 Å². The molecule has 0 fully saturated rings. The third kappa shape index (κ3) is 16.8. The summed E-state index contributed by atoms with van der Waals surface area (Å²) in [7, 11) is 0. The van der Waals surface area contributed by atoms with Crippen molar-refractivity contribution in [1.29, 1.82) is 0 Å². The number of benzene rings is 1. The molecule has 5 nitrogen and oxygen atoms in total. The second-order valence-corrected chi connectivity index (χ2v) is 9.47. The number of alkyl halides is 2. The van der Waals surface area contributed by atoms with Crippen LogP contribution in [0.5, 0.6) is 0 Å². The Morgan fingerprint density at radius 1 is 0.853 bits per heavy atom. The second-order valence-electron chi connectivity index (χ2n) is 9.47. The highest BCUT2D eigenvalue weighted by molar-refractivity contribution is 5.94. The summed E-state index contributed by atoms with van der Waals surface area (Å²) in [6, 6.07) is 7.25. The zero-order chi connectivity index (χ0) is 25.1. The van der Waals surface area contributed by atoms with Gasteiger partial charge in [-0.3, -0.25) is 4.79 Å². The van der Waals surface area contributed by atoms with Crippen LogP contribution in [0.2, 0.25) is 0 Å². The number of halogens is 2. The van der Waals surface area contributed by atoms with Crippen LogP contribution in [-0.2, 0) is 0 Å². The number of hydrogen-bond acceptors (Lipinski definition) is 4. The van der Waals surface area contributed by atoms with E-state index in [1.807, 2.05) is 12.1 Å². The van der Waals surface area contributed by atoms with Gasteiger partial charge in [0, 0.05) is 30.8 Å². The molecular formula is C27H46F2N2O3. The predicted molar refractivity (Wildman–Crippen MR) is 136 cm³/mol. The van der Waals surface area contributed by atoms with Crippen molar-refractivity contribution in [2.75, 3.05) is 25.0 Å². The van der Waals surface area contributed by atoms with Gasteiger partial charge in [-0.1, -0.05) is 70.6 Å². The minimum atomic E-state index is -2.50. The molecule has 196 valence electrons. The Kier molecular flexibility index (Phi) is 16.6. The molecule has 4 N–H and O–H groups in total. The second kappa shape index (κ2) is 18.6. The maximum Gasteiger partial charge on any atom is 0.251 e. The lowest BCUT2D eigenvalue weighted by atomic mass is 10.0. The Morgan fingerprint density at radius 3 is 1.79 bits per heavy atom. The average Bonchev–Trinajstić information content (AvgIpc) is 2.81. The van der Waals surface area contributed by atoms with Gasteiger partial charge < -0.3 is 20.8 Å². The van der Waals surface area contributed by atoms with E-state index in [-0.39, 0.29) is 25.5 Å². The topological polar surface area (TPSA) is 81.6 Å². The van der Waals surface area contributed by atoms with Gasteiger partial charge in [-0.05, 0) is 44.0 Å². The molecule has 1 unspecified atom stereocenters. The lowest BCUT2D eigenvalue weighted by Crippen LogP contribution is -2.33. The number of carbonyl (C=O) groups excluding carboxylic acids is 1. The first kappa shape index (κ1) is 30.3. The first-order chi connectivity index (χ1) is 16.3. The summed E-state index contributed by atoms with van der Waals surface area (Å²) in [5, 5.41) is 24.0. The number of nitrogens with one attached hydrogen (secondary N) is 2. The smallest absolute Gasteiger partial charge is 0.251 e. The van der Waals surface area contributed by atoms with Gasteiger partial charge in [0.25, 0.3) is 5.91 Å². The molecule has 0 aliphatic rings. The van der Waals surface area contributed by atoms with Gasteiger partial charge in [0.05, 0.1) is 12.7 Å². The van der Waals surface area contributed by atoms with Crippen LogP contribution in [0.1, 0.15) is 107 Å². The highest BCUT2D eigenvalue weighted by atomic mass is 19.3. The summed E-state index contributed by atoms with van der Waals surface area (Å²) in [6.45, 7) is 1.57. The molecule has 1 atom stereocenters. The molecule has 0 aromatic heterocycles. The SMILES string of the molecule is CC(F)(F)CCCCCCCCCCCCCCCNc1ccc(C(=O)NCC(O)CO)cc1. The van der Waals surface area contributed by atoms with Crippen molar-refractivity contribution >= 4 is 11.6 Å². The monoisotopic (exact) mass is 484 g/mol. The average molecular weight is 485 g/mol. The molecule has 0 saturated carbocycles. The van der Waals surface area contributed by atoms with Crippen molar-refractivity contribution in [1.82, 2.24) is 5.32 Å². The number of aliphatic hydroxyl groups is 2. The fourth-order valence-corrected chi connectivity index (χ4v) is 3.85. The minimum Gasteiger partial charge on any atom is -0.394 e. The fourth-order valence-electron chi connectivity index (χ4n) is 3.85. The maximum atomic E-state index is 12.7. The van der Waals surface area contributed by atoms with E-state index in [4.69, 9.17) is 5.11 Å². The number of carbonyl (C=O) groups is 1. The van der Waals surface area contributed by atoms with Crippen LogP contribution in [0, 0.1) is 0 Å². The zero-order valence-corrected chi connectivity index (χ0v) is 21.0. The molecule has 0 bridgehead atoms. The van der Waals surface area contributed by atoms with Crippen molar-refractivity contribution in [2.45, 2.75) is 109 Å². The van der Waals surface area contributed by atoms with Crippen molar-refractivity contribution in [3.8, 4) is 0 Å². The summed E-state index contributed by atoms with van der Waals surface area (Å²) in [5.41, 5.74) is 1.50. The summed E-state index contributed by atoms with van der Waals surface area (Å²) < 4.78 is 25.4. The molecule has 7 heteroatoms. The lowest BCUT2D eigenvalue weighted by Gasteiger charge is -2.10. The predicted octanol–water partition coefficient (Wildman–Crippen LogP) is 6.30. The standard InChI is InChI=1S/C27H46F2N2O3/c1-27(28,29)19-13-11-9-7-5-3-2-4-6-8-10-12-14-20-30-24-17-15-23(16-18-24)26(34)31-21-25(33)22-32/h15-18,25,30,32-33H,2-14,19-22H2,1H3,(H,31,34). The highest BCUT2D eigenvalue weighted by Crippen LogP contribution is 2.21. The van der Waals surface area contributed by atoms with Gasteiger partial charge in [0.2, 0.25) is 5.92 Å². The molecule has 1 aromatic carbocycles. The summed E-state index contributed by atoms with van der Waals surface area (Å²) in [4.78, 5) is 12.0. The van der Waals surface area contributed by atoms with Gasteiger partial charge in [0.1, 0.15) is 0 Å². The largest absolute Gasteiger partial charge is 0.394 e. The number of rotatable bonds is 21. The van der Waals surface area contributed by atoms with Gasteiger partial charge in [-0.2, -0.15) is 0 Å². The first-order valence-electron chi connectivity index (χ1n) is 13.1. The van der Waals surface area contributed by atoms with Crippen LogP contribution in [0.3, 0.4) is 0 Å². The van der Waals surface area contributed by atoms with Crippen molar-refractivity contribution < 1.29 is 23.8 Å². The van der Waals surface area contributed by atoms with Crippen LogP contribution in [0.25, 0.3) is 0 Å². The van der Waals surface area contributed by atoms with Crippen LogP contribution in [-0.4, -0.2) is 47.8 Å². The zero-order valence-electron chi connectivity index (χ0n) is 21.0. The summed E-state index contributed by atoms with van der Waals surface area (Å²) in [6.07, 6.45) is 14.1. The molecule has 0 heterocycles.